The van der Waals surface area contributed by atoms with Gasteiger partial charge in [-0.3, -0.25) is 0 Å². The van der Waals surface area contributed by atoms with Crippen LogP contribution in [0.5, 0.6) is 17.2 Å². The van der Waals surface area contributed by atoms with Crippen LogP contribution in [0.25, 0.3) is 0 Å². The van der Waals surface area contributed by atoms with E-state index in [9.17, 15) is 0 Å². The number of anilines is 1. The molecule has 27 heavy (non-hydrogen) atoms. The van der Waals surface area contributed by atoms with E-state index in [-0.39, 0.29) is 0 Å². The maximum absolute atomic E-state index is 5.26. The van der Waals surface area contributed by atoms with Crippen LogP contribution in [-0.4, -0.2) is 27.2 Å². The highest BCUT2D eigenvalue weighted by Gasteiger charge is 2.13. The van der Waals surface area contributed by atoms with Crippen molar-refractivity contribution in [1.82, 2.24) is 0 Å². The SMILES string of the molecule is COc1ccc(NC(=[NH+]c2ccc(OC)cc2)c2ccc(OC)cc2)cc1. The summed E-state index contributed by atoms with van der Waals surface area (Å²) in [7, 11) is 4.97. The normalized spacial score (nSPS) is 11.0. The van der Waals surface area contributed by atoms with Crippen molar-refractivity contribution >= 4 is 17.2 Å². The van der Waals surface area contributed by atoms with Gasteiger partial charge in [0.25, 0.3) is 5.84 Å². The first-order chi connectivity index (χ1) is 13.2. The van der Waals surface area contributed by atoms with E-state index in [4.69, 9.17) is 14.2 Å². The Kier molecular flexibility index (Phi) is 5.94. The summed E-state index contributed by atoms with van der Waals surface area (Å²) in [5.41, 5.74) is 2.90. The molecule has 2 N–H and O–H groups in total. The van der Waals surface area contributed by atoms with Crippen LogP contribution < -0.4 is 24.5 Å². The summed E-state index contributed by atoms with van der Waals surface area (Å²) in [6, 6.07) is 23.4. The number of hydrogen-bond donors (Lipinski definition) is 2. The lowest BCUT2D eigenvalue weighted by atomic mass is 10.2. The Morgan fingerprint density at radius 2 is 1.07 bits per heavy atom. The Balaban J connectivity index is 1.94. The minimum atomic E-state index is 0.812. The van der Waals surface area contributed by atoms with E-state index in [1.807, 2.05) is 72.8 Å². The number of hydrogen-bond acceptors (Lipinski definition) is 3. The van der Waals surface area contributed by atoms with Gasteiger partial charge < -0.3 is 14.2 Å². The minimum absolute atomic E-state index is 0.812. The molecule has 3 aromatic carbocycles. The van der Waals surface area contributed by atoms with Gasteiger partial charge in [0.1, 0.15) is 28.6 Å². The molecule has 3 aromatic rings. The molecule has 0 aliphatic heterocycles. The van der Waals surface area contributed by atoms with E-state index < -0.39 is 0 Å². The van der Waals surface area contributed by atoms with Crippen LogP contribution in [-0.2, 0) is 0 Å². The molecule has 0 heterocycles. The van der Waals surface area contributed by atoms with E-state index in [0.29, 0.717) is 0 Å². The van der Waals surface area contributed by atoms with Gasteiger partial charge in [-0.1, -0.05) is 0 Å². The second-order valence-corrected chi connectivity index (χ2v) is 5.81. The Morgan fingerprint density at radius 1 is 0.630 bits per heavy atom. The summed E-state index contributed by atoms with van der Waals surface area (Å²) >= 11 is 0. The molecular formula is C22H23N2O3+. The van der Waals surface area contributed by atoms with Crippen molar-refractivity contribution in [2.45, 2.75) is 0 Å². The monoisotopic (exact) mass is 363 g/mol. The first-order valence-electron chi connectivity index (χ1n) is 8.55. The standard InChI is InChI=1S/C22H22N2O3/c1-25-19-10-4-16(5-11-19)22(23-17-6-12-20(26-2)13-7-17)24-18-8-14-21(27-3)15-9-18/h4-15H,1-3H3,(H,23,24)/p+1. The second kappa shape index (κ2) is 8.76. The van der Waals surface area contributed by atoms with Crippen LogP contribution in [0.15, 0.2) is 72.8 Å². The van der Waals surface area contributed by atoms with Crippen molar-refractivity contribution in [2.75, 3.05) is 26.6 Å². The third-order valence-electron chi connectivity index (χ3n) is 4.10. The van der Waals surface area contributed by atoms with Crippen molar-refractivity contribution in [3.05, 3.63) is 78.4 Å². The molecule has 0 radical (unpaired) electrons. The van der Waals surface area contributed by atoms with E-state index in [1.165, 1.54) is 0 Å². The van der Waals surface area contributed by atoms with Crippen LogP contribution in [0.1, 0.15) is 5.56 Å². The molecule has 0 saturated heterocycles. The third-order valence-corrected chi connectivity index (χ3v) is 4.10. The van der Waals surface area contributed by atoms with Gasteiger partial charge in [-0.2, -0.15) is 0 Å². The van der Waals surface area contributed by atoms with Gasteiger partial charge in [0.2, 0.25) is 0 Å². The summed E-state index contributed by atoms with van der Waals surface area (Å²) in [4.78, 5) is 3.44. The zero-order valence-electron chi connectivity index (χ0n) is 15.7. The number of ether oxygens (including phenoxy) is 3. The highest BCUT2D eigenvalue weighted by atomic mass is 16.5. The van der Waals surface area contributed by atoms with Gasteiger partial charge in [-0.05, 0) is 72.8 Å². The van der Waals surface area contributed by atoms with Gasteiger partial charge in [-0.25, -0.2) is 10.3 Å². The Morgan fingerprint density at radius 3 is 1.56 bits per heavy atom. The lowest BCUT2D eigenvalue weighted by Gasteiger charge is -2.06. The van der Waals surface area contributed by atoms with Crippen molar-refractivity contribution in [1.29, 1.82) is 0 Å². The predicted octanol–water partition coefficient (Wildman–Crippen LogP) is 2.98. The van der Waals surface area contributed by atoms with Gasteiger partial charge in [-0.15, -0.1) is 0 Å². The molecule has 5 nitrogen and oxygen atoms in total. The minimum Gasteiger partial charge on any atom is -0.497 e. The van der Waals surface area contributed by atoms with E-state index in [2.05, 4.69) is 10.3 Å². The quantitative estimate of drug-likeness (QED) is 0.522. The maximum Gasteiger partial charge on any atom is 0.285 e. The fourth-order valence-electron chi connectivity index (χ4n) is 2.57. The Hall–Kier alpha value is -3.47. The van der Waals surface area contributed by atoms with Crippen LogP contribution in [0.2, 0.25) is 0 Å². The average molecular weight is 363 g/mol. The van der Waals surface area contributed by atoms with Crippen LogP contribution in [0.3, 0.4) is 0 Å². The molecule has 138 valence electrons. The van der Waals surface area contributed by atoms with Crippen LogP contribution in [0.4, 0.5) is 11.4 Å². The number of nitrogens with one attached hydrogen (secondary N) is 2. The van der Waals surface area contributed by atoms with Crippen LogP contribution in [0, 0.1) is 0 Å². The van der Waals surface area contributed by atoms with E-state index in [0.717, 1.165) is 40.0 Å². The average Bonchev–Trinajstić information content (AvgIpc) is 2.74. The molecule has 0 fully saturated rings. The first-order valence-corrected chi connectivity index (χ1v) is 8.55. The molecule has 0 unspecified atom stereocenters. The number of benzene rings is 3. The summed E-state index contributed by atoms with van der Waals surface area (Å²) in [5, 5.41) is 3.44. The molecule has 0 aliphatic rings. The molecule has 0 aliphatic carbocycles. The van der Waals surface area contributed by atoms with Crippen LogP contribution >= 0.6 is 0 Å². The first kappa shape index (κ1) is 18.3. The third kappa shape index (κ3) is 4.79. The molecule has 0 atom stereocenters. The van der Waals surface area contributed by atoms with Gasteiger partial charge in [0.15, 0.2) is 0 Å². The summed E-state index contributed by atoms with van der Waals surface area (Å²) in [5.74, 6) is 3.30. The van der Waals surface area contributed by atoms with E-state index in [1.54, 1.807) is 21.3 Å². The fraction of sp³-hybridized carbons (Fsp3) is 0.136. The lowest BCUT2D eigenvalue weighted by molar-refractivity contribution is -0.353. The number of amidine groups is 1. The molecule has 0 aromatic heterocycles. The molecule has 3 rings (SSSR count). The van der Waals surface area contributed by atoms with Crippen molar-refractivity contribution < 1.29 is 19.2 Å². The molecule has 5 heteroatoms. The Labute approximate surface area is 159 Å². The predicted molar refractivity (Wildman–Crippen MR) is 107 cm³/mol. The van der Waals surface area contributed by atoms with Gasteiger partial charge in [0.05, 0.1) is 26.9 Å². The topological polar surface area (TPSA) is 53.7 Å². The van der Waals surface area contributed by atoms with Crippen molar-refractivity contribution in [3.63, 3.8) is 0 Å². The second-order valence-electron chi connectivity index (χ2n) is 5.81. The molecule has 0 bridgehead atoms. The molecular weight excluding hydrogens is 340 g/mol. The largest absolute Gasteiger partial charge is 0.497 e. The molecule has 0 saturated carbocycles. The summed E-state index contributed by atoms with van der Waals surface area (Å²) in [6.07, 6.45) is 0. The molecule has 0 amide bonds. The fourth-order valence-corrected chi connectivity index (χ4v) is 2.57. The summed E-state index contributed by atoms with van der Waals surface area (Å²) in [6.45, 7) is 0. The number of rotatable bonds is 6. The lowest BCUT2D eigenvalue weighted by Crippen LogP contribution is -2.68. The zero-order chi connectivity index (χ0) is 19.1. The highest BCUT2D eigenvalue weighted by Crippen LogP contribution is 2.17. The Bertz CT molecular complexity index is 886. The highest BCUT2D eigenvalue weighted by molar-refractivity contribution is 6.04. The smallest absolute Gasteiger partial charge is 0.285 e. The van der Waals surface area contributed by atoms with Crippen molar-refractivity contribution in [2.24, 2.45) is 0 Å². The van der Waals surface area contributed by atoms with Crippen molar-refractivity contribution in [3.8, 4) is 17.2 Å². The number of methoxy groups -OCH3 is 3. The van der Waals surface area contributed by atoms with Gasteiger partial charge in [0, 0.05) is 0 Å². The molecule has 0 spiro atoms. The van der Waals surface area contributed by atoms with E-state index >= 15 is 0 Å². The maximum atomic E-state index is 5.26. The summed E-state index contributed by atoms with van der Waals surface area (Å²) < 4.78 is 15.7. The van der Waals surface area contributed by atoms with Gasteiger partial charge >= 0.3 is 0 Å². The zero-order valence-corrected chi connectivity index (χ0v) is 15.7.